The van der Waals surface area contributed by atoms with Gasteiger partial charge >= 0.3 is 0 Å². The monoisotopic (exact) mass is 295 g/mol. The summed E-state index contributed by atoms with van der Waals surface area (Å²) in [6.45, 7) is 5.16. The number of nitrogens with zero attached hydrogens (tertiary/aromatic N) is 2. The summed E-state index contributed by atoms with van der Waals surface area (Å²) in [5.41, 5.74) is 9.15. The van der Waals surface area contributed by atoms with E-state index in [0.29, 0.717) is 13.2 Å². The maximum atomic E-state index is 5.89. The van der Waals surface area contributed by atoms with E-state index in [2.05, 4.69) is 24.5 Å². The zero-order valence-corrected chi connectivity index (χ0v) is 13.0. The lowest BCUT2D eigenvalue weighted by molar-refractivity contribution is 0.286. The van der Waals surface area contributed by atoms with Crippen LogP contribution in [0, 0.1) is 6.92 Å². The van der Waals surface area contributed by atoms with E-state index in [9.17, 15) is 0 Å². The smallest absolute Gasteiger partial charge is 0.148 e. The van der Waals surface area contributed by atoms with Gasteiger partial charge in [0.2, 0.25) is 0 Å². The van der Waals surface area contributed by atoms with Crippen molar-refractivity contribution in [3.63, 3.8) is 0 Å². The van der Waals surface area contributed by atoms with E-state index in [1.54, 1.807) is 0 Å². The third-order valence-corrected chi connectivity index (χ3v) is 3.84. The van der Waals surface area contributed by atoms with Gasteiger partial charge in [0.05, 0.1) is 11.0 Å². The molecule has 1 atom stereocenters. The van der Waals surface area contributed by atoms with Crippen molar-refractivity contribution in [2.45, 2.75) is 26.5 Å². The molecule has 0 saturated heterocycles. The number of nitrogens with two attached hydrogens (primary N) is 1. The number of imidazole rings is 1. The molecule has 0 fully saturated rings. The van der Waals surface area contributed by atoms with Gasteiger partial charge in [0, 0.05) is 12.6 Å². The van der Waals surface area contributed by atoms with E-state index in [4.69, 9.17) is 15.5 Å². The Morgan fingerprint density at radius 3 is 2.59 bits per heavy atom. The van der Waals surface area contributed by atoms with Gasteiger partial charge in [0.25, 0.3) is 0 Å². The molecule has 0 bridgehead atoms. The molecule has 1 unspecified atom stereocenters. The number of aromatic nitrogens is 2. The van der Waals surface area contributed by atoms with Gasteiger partial charge in [-0.3, -0.25) is 0 Å². The van der Waals surface area contributed by atoms with E-state index < -0.39 is 0 Å². The predicted molar refractivity (Wildman–Crippen MR) is 89.0 cm³/mol. The Morgan fingerprint density at radius 1 is 1.14 bits per heavy atom. The molecule has 1 heterocycles. The molecule has 4 heteroatoms. The van der Waals surface area contributed by atoms with Gasteiger partial charge < -0.3 is 15.0 Å². The maximum Gasteiger partial charge on any atom is 0.148 e. The Kier molecular flexibility index (Phi) is 4.11. The fourth-order valence-electron chi connectivity index (χ4n) is 2.58. The summed E-state index contributed by atoms with van der Waals surface area (Å²) < 4.78 is 8.06. The number of aryl methyl sites for hydroxylation is 1. The van der Waals surface area contributed by atoms with E-state index in [1.807, 2.05) is 42.5 Å². The second-order valence-electron chi connectivity index (χ2n) is 5.57. The van der Waals surface area contributed by atoms with Gasteiger partial charge in [-0.15, -0.1) is 0 Å². The van der Waals surface area contributed by atoms with Crippen molar-refractivity contribution in [1.29, 1.82) is 0 Å². The quantitative estimate of drug-likeness (QED) is 0.784. The molecule has 2 N–H and O–H groups in total. The Hall–Kier alpha value is -2.33. The number of hydrogen-bond acceptors (Lipinski definition) is 3. The number of benzene rings is 2. The molecule has 4 nitrogen and oxygen atoms in total. The van der Waals surface area contributed by atoms with Crippen LogP contribution in [0.15, 0.2) is 48.5 Å². The molecule has 0 aliphatic rings. The van der Waals surface area contributed by atoms with Crippen molar-refractivity contribution < 1.29 is 4.74 Å². The lowest BCUT2D eigenvalue weighted by atomic mass is 10.2. The first-order chi connectivity index (χ1) is 10.7. The molecule has 0 aliphatic carbocycles. The second kappa shape index (κ2) is 6.20. The van der Waals surface area contributed by atoms with E-state index >= 15 is 0 Å². The standard InChI is InChI=1S/C18H21N3O/c1-13-7-9-15(10-8-13)22-12-18-20-16-5-3-4-6-17(16)21(18)14(2)11-19/h3-10,14H,11-12,19H2,1-2H3. The first kappa shape index (κ1) is 14.6. The highest BCUT2D eigenvalue weighted by Crippen LogP contribution is 2.22. The number of fused-ring (bicyclic) bond motifs is 1. The molecule has 0 radical (unpaired) electrons. The van der Waals surface area contributed by atoms with Gasteiger partial charge in [-0.1, -0.05) is 29.8 Å². The maximum absolute atomic E-state index is 5.89. The van der Waals surface area contributed by atoms with Crippen LogP contribution in [0.25, 0.3) is 11.0 Å². The second-order valence-corrected chi connectivity index (χ2v) is 5.57. The Bertz CT molecular complexity index is 762. The van der Waals surface area contributed by atoms with E-state index in [-0.39, 0.29) is 6.04 Å². The Morgan fingerprint density at radius 2 is 1.86 bits per heavy atom. The van der Waals surface area contributed by atoms with Crippen LogP contribution in [0.5, 0.6) is 5.75 Å². The predicted octanol–water partition coefficient (Wildman–Crippen LogP) is 3.44. The minimum Gasteiger partial charge on any atom is -0.486 e. The Labute approximate surface area is 130 Å². The van der Waals surface area contributed by atoms with E-state index in [1.165, 1.54) is 5.56 Å². The van der Waals surface area contributed by atoms with Crippen LogP contribution < -0.4 is 10.5 Å². The molecule has 114 valence electrons. The van der Waals surface area contributed by atoms with Crippen molar-refractivity contribution in [3.05, 3.63) is 59.9 Å². The molecule has 0 aliphatic heterocycles. The fourth-order valence-corrected chi connectivity index (χ4v) is 2.58. The molecule has 22 heavy (non-hydrogen) atoms. The summed E-state index contributed by atoms with van der Waals surface area (Å²) in [4.78, 5) is 4.70. The lowest BCUT2D eigenvalue weighted by Gasteiger charge is -2.16. The molecule has 0 amide bonds. The number of ether oxygens (including phenoxy) is 1. The molecular weight excluding hydrogens is 274 g/mol. The highest BCUT2D eigenvalue weighted by atomic mass is 16.5. The summed E-state index contributed by atoms with van der Waals surface area (Å²) in [6, 6.07) is 16.3. The first-order valence-electron chi connectivity index (χ1n) is 7.54. The normalized spacial score (nSPS) is 12.5. The lowest BCUT2D eigenvalue weighted by Crippen LogP contribution is -2.19. The number of hydrogen-bond donors (Lipinski definition) is 1. The molecule has 3 aromatic rings. The van der Waals surface area contributed by atoms with Crippen molar-refractivity contribution in [1.82, 2.24) is 9.55 Å². The average molecular weight is 295 g/mol. The summed E-state index contributed by atoms with van der Waals surface area (Å²) >= 11 is 0. The molecule has 1 aromatic heterocycles. The summed E-state index contributed by atoms with van der Waals surface area (Å²) in [7, 11) is 0. The van der Waals surface area contributed by atoms with Crippen LogP contribution in [0.1, 0.15) is 24.4 Å². The molecular formula is C18H21N3O. The van der Waals surface area contributed by atoms with Crippen LogP contribution in [0.2, 0.25) is 0 Å². The Balaban J connectivity index is 1.90. The zero-order valence-electron chi connectivity index (χ0n) is 13.0. The van der Waals surface area contributed by atoms with Crippen LogP contribution in [0.4, 0.5) is 0 Å². The highest BCUT2D eigenvalue weighted by molar-refractivity contribution is 5.76. The van der Waals surface area contributed by atoms with Crippen molar-refractivity contribution >= 4 is 11.0 Å². The van der Waals surface area contributed by atoms with Crippen molar-refractivity contribution in [3.8, 4) is 5.75 Å². The van der Waals surface area contributed by atoms with Gasteiger partial charge in [-0.25, -0.2) is 4.98 Å². The zero-order chi connectivity index (χ0) is 15.5. The third kappa shape index (κ3) is 2.83. The van der Waals surface area contributed by atoms with Crippen LogP contribution in [-0.2, 0) is 6.61 Å². The summed E-state index contributed by atoms with van der Waals surface area (Å²) in [5, 5.41) is 0. The minimum absolute atomic E-state index is 0.184. The van der Waals surface area contributed by atoms with Gasteiger partial charge in [0.15, 0.2) is 0 Å². The van der Waals surface area contributed by atoms with Crippen molar-refractivity contribution in [2.75, 3.05) is 6.54 Å². The van der Waals surface area contributed by atoms with Crippen LogP contribution >= 0.6 is 0 Å². The summed E-state index contributed by atoms with van der Waals surface area (Å²) in [5.74, 6) is 1.75. The average Bonchev–Trinajstić information content (AvgIpc) is 2.92. The third-order valence-electron chi connectivity index (χ3n) is 3.84. The topological polar surface area (TPSA) is 53.1 Å². The highest BCUT2D eigenvalue weighted by Gasteiger charge is 2.15. The van der Waals surface area contributed by atoms with E-state index in [0.717, 1.165) is 22.6 Å². The SMILES string of the molecule is Cc1ccc(OCc2nc3ccccc3n2C(C)CN)cc1. The number of rotatable bonds is 5. The molecule has 0 spiro atoms. The van der Waals surface area contributed by atoms with Gasteiger partial charge in [-0.2, -0.15) is 0 Å². The largest absolute Gasteiger partial charge is 0.486 e. The molecule has 0 saturated carbocycles. The van der Waals surface area contributed by atoms with Crippen LogP contribution in [0.3, 0.4) is 0 Å². The molecule has 3 rings (SSSR count). The van der Waals surface area contributed by atoms with Gasteiger partial charge in [0.1, 0.15) is 18.2 Å². The minimum atomic E-state index is 0.184. The first-order valence-corrected chi connectivity index (χ1v) is 7.54. The van der Waals surface area contributed by atoms with Crippen molar-refractivity contribution in [2.24, 2.45) is 5.73 Å². The fraction of sp³-hybridized carbons (Fsp3) is 0.278. The van der Waals surface area contributed by atoms with Gasteiger partial charge in [-0.05, 0) is 38.1 Å². The van der Waals surface area contributed by atoms with Crippen LogP contribution in [-0.4, -0.2) is 16.1 Å². The number of para-hydroxylation sites is 2. The summed E-state index contributed by atoms with van der Waals surface area (Å²) in [6.07, 6.45) is 0. The molecule has 2 aromatic carbocycles.